The van der Waals surface area contributed by atoms with E-state index in [1.165, 1.54) is 0 Å². The van der Waals surface area contributed by atoms with Crippen LogP contribution in [0, 0.1) is 0 Å². The zero-order chi connectivity index (χ0) is 17.8. The molecule has 0 bridgehead atoms. The number of halogens is 2. The molecule has 0 amide bonds. The normalized spacial score (nSPS) is 17.8. The Morgan fingerprint density at radius 1 is 1.24 bits per heavy atom. The molecule has 3 rings (SSSR count). The van der Waals surface area contributed by atoms with E-state index in [-0.39, 0.29) is 12.5 Å². The molecule has 0 aromatic carbocycles. The molecular weight excluding hydrogens is 397 g/mol. The van der Waals surface area contributed by atoms with Gasteiger partial charge in [0.1, 0.15) is 0 Å². The first-order valence-electron chi connectivity index (χ1n) is 8.19. The predicted molar refractivity (Wildman–Crippen MR) is 107 cm³/mol. The summed E-state index contributed by atoms with van der Waals surface area (Å²) in [7, 11) is 0. The number of carboxylic acids is 1. The average Bonchev–Trinajstić information content (AvgIpc) is 3.27. The van der Waals surface area contributed by atoms with E-state index in [4.69, 9.17) is 28.3 Å². The second kappa shape index (κ2) is 8.69. The number of aliphatic carboxylic acids is 1. The Balaban J connectivity index is 1.75. The molecule has 2 aromatic heterocycles. The summed E-state index contributed by atoms with van der Waals surface area (Å²) in [4.78, 5) is 15.4. The number of thiophene rings is 2. The molecule has 0 unspecified atom stereocenters. The number of carboxylic acid groups (broad SMARTS) is 1. The van der Waals surface area contributed by atoms with Crippen LogP contribution in [0.2, 0.25) is 10.0 Å². The van der Waals surface area contributed by atoms with E-state index in [0.717, 1.165) is 57.7 Å². The molecule has 1 fully saturated rings. The highest BCUT2D eigenvalue weighted by Gasteiger charge is 2.26. The molecule has 25 heavy (non-hydrogen) atoms. The van der Waals surface area contributed by atoms with Crippen LogP contribution in [0.3, 0.4) is 0 Å². The van der Waals surface area contributed by atoms with Gasteiger partial charge in [-0.1, -0.05) is 29.3 Å². The van der Waals surface area contributed by atoms with Gasteiger partial charge in [0, 0.05) is 18.2 Å². The lowest BCUT2D eigenvalue weighted by Gasteiger charge is -2.22. The van der Waals surface area contributed by atoms with Crippen LogP contribution >= 0.6 is 45.9 Å². The molecule has 1 aliphatic heterocycles. The quantitative estimate of drug-likeness (QED) is 0.613. The Labute approximate surface area is 165 Å². The maximum absolute atomic E-state index is 11.0. The molecule has 3 nitrogen and oxygen atoms in total. The van der Waals surface area contributed by atoms with Gasteiger partial charge >= 0.3 is 5.97 Å². The van der Waals surface area contributed by atoms with Gasteiger partial charge in [-0.15, -0.1) is 22.7 Å². The number of nitrogens with zero attached hydrogens (tertiary/aromatic N) is 1. The van der Waals surface area contributed by atoms with Crippen LogP contribution in [0.4, 0.5) is 0 Å². The molecule has 0 aliphatic carbocycles. The van der Waals surface area contributed by atoms with E-state index in [2.05, 4.69) is 11.0 Å². The van der Waals surface area contributed by atoms with Crippen molar-refractivity contribution in [2.24, 2.45) is 0 Å². The predicted octanol–water partition coefficient (Wildman–Crippen LogP) is 5.88. The molecule has 134 valence electrons. The number of hydrogen-bond donors (Lipinski definition) is 1. The van der Waals surface area contributed by atoms with Crippen LogP contribution in [0.1, 0.15) is 35.4 Å². The van der Waals surface area contributed by atoms with E-state index in [1.54, 1.807) is 22.7 Å². The van der Waals surface area contributed by atoms with Gasteiger partial charge in [0.25, 0.3) is 0 Å². The maximum Gasteiger partial charge on any atom is 0.304 e. The third-order valence-corrected chi connectivity index (χ3v) is 7.15. The Bertz CT molecular complexity index is 726. The summed E-state index contributed by atoms with van der Waals surface area (Å²) >= 11 is 15.9. The first kappa shape index (κ1) is 18.9. The molecular formula is C18H19Cl2NO2S2. The maximum atomic E-state index is 11.0. The Morgan fingerprint density at radius 3 is 2.40 bits per heavy atom. The van der Waals surface area contributed by atoms with Crippen LogP contribution in [0.5, 0.6) is 0 Å². The van der Waals surface area contributed by atoms with Crippen LogP contribution in [-0.4, -0.2) is 35.1 Å². The standard InChI is InChI=1S/C18H19Cl2NO2S2/c19-14-5-9-24-17(14)13(18-15(20)6-10-25-18)4-2-8-21-7-1-3-12(21)11-16(22)23/h4-6,9-10,12H,1-3,7-8,11H2,(H,22,23)/t12-/m0/s1. The molecule has 1 aliphatic rings. The van der Waals surface area contributed by atoms with Gasteiger partial charge in [0.05, 0.1) is 26.2 Å². The second-order valence-electron chi connectivity index (χ2n) is 6.03. The lowest BCUT2D eigenvalue weighted by Crippen LogP contribution is -2.32. The number of carbonyl (C=O) groups is 1. The summed E-state index contributed by atoms with van der Waals surface area (Å²) in [5, 5.41) is 14.5. The van der Waals surface area contributed by atoms with Crippen molar-refractivity contribution in [1.29, 1.82) is 0 Å². The van der Waals surface area contributed by atoms with Crippen molar-refractivity contribution in [3.63, 3.8) is 0 Å². The summed E-state index contributed by atoms with van der Waals surface area (Å²) in [6.45, 7) is 1.83. The van der Waals surface area contributed by atoms with Gasteiger partial charge < -0.3 is 5.11 Å². The number of likely N-dealkylation sites (tertiary alicyclic amines) is 1. The van der Waals surface area contributed by atoms with Gasteiger partial charge in [-0.3, -0.25) is 9.69 Å². The smallest absolute Gasteiger partial charge is 0.304 e. The molecule has 2 aromatic rings. The number of hydrogen-bond acceptors (Lipinski definition) is 4. The summed E-state index contributed by atoms with van der Waals surface area (Å²) in [5.74, 6) is -0.719. The van der Waals surface area contributed by atoms with Gasteiger partial charge in [0.2, 0.25) is 0 Å². The van der Waals surface area contributed by atoms with E-state index >= 15 is 0 Å². The summed E-state index contributed by atoms with van der Waals surface area (Å²) in [5.41, 5.74) is 1.08. The molecule has 0 saturated carbocycles. The van der Waals surface area contributed by atoms with Crippen molar-refractivity contribution in [1.82, 2.24) is 4.90 Å². The number of rotatable bonds is 7. The Kier molecular flexibility index (Phi) is 6.58. The van der Waals surface area contributed by atoms with Crippen molar-refractivity contribution in [2.45, 2.75) is 31.7 Å². The molecule has 3 heterocycles. The van der Waals surface area contributed by atoms with Gasteiger partial charge in [0.15, 0.2) is 0 Å². The van der Waals surface area contributed by atoms with E-state index < -0.39 is 5.97 Å². The van der Waals surface area contributed by atoms with Crippen LogP contribution in [0.25, 0.3) is 5.57 Å². The second-order valence-corrected chi connectivity index (χ2v) is 8.68. The van der Waals surface area contributed by atoms with Crippen LogP contribution in [-0.2, 0) is 4.79 Å². The van der Waals surface area contributed by atoms with Crippen LogP contribution < -0.4 is 0 Å². The van der Waals surface area contributed by atoms with Crippen molar-refractivity contribution in [3.8, 4) is 0 Å². The third kappa shape index (κ3) is 4.66. The van der Waals surface area contributed by atoms with Gasteiger partial charge in [-0.05, 0) is 48.7 Å². The van der Waals surface area contributed by atoms with Crippen molar-refractivity contribution in [2.75, 3.05) is 13.1 Å². The molecule has 1 N–H and O–H groups in total. The fourth-order valence-electron chi connectivity index (χ4n) is 3.26. The van der Waals surface area contributed by atoms with E-state index in [9.17, 15) is 4.79 Å². The fourth-order valence-corrected chi connectivity index (χ4v) is 5.73. The minimum absolute atomic E-state index is 0.157. The highest BCUT2D eigenvalue weighted by atomic mass is 35.5. The van der Waals surface area contributed by atoms with E-state index in [1.807, 2.05) is 22.9 Å². The highest BCUT2D eigenvalue weighted by molar-refractivity contribution is 7.14. The molecule has 1 saturated heterocycles. The molecule has 7 heteroatoms. The fraction of sp³-hybridized carbons (Fsp3) is 0.389. The average molecular weight is 416 g/mol. The topological polar surface area (TPSA) is 40.5 Å². The van der Waals surface area contributed by atoms with Crippen molar-refractivity contribution in [3.05, 3.63) is 48.8 Å². The SMILES string of the molecule is O=C(O)C[C@@H]1CCCN1CCC=C(c1sccc1Cl)c1sccc1Cl. The van der Waals surface area contributed by atoms with Gasteiger partial charge in [-0.25, -0.2) is 0 Å². The monoisotopic (exact) mass is 415 g/mol. The molecule has 0 spiro atoms. The minimum Gasteiger partial charge on any atom is -0.481 e. The van der Waals surface area contributed by atoms with Crippen molar-refractivity contribution >= 4 is 57.4 Å². The molecule has 0 radical (unpaired) electrons. The highest BCUT2D eigenvalue weighted by Crippen LogP contribution is 2.39. The lowest BCUT2D eigenvalue weighted by molar-refractivity contribution is -0.138. The zero-order valence-corrected chi connectivity index (χ0v) is 16.7. The summed E-state index contributed by atoms with van der Waals surface area (Å²) < 4.78 is 0. The lowest BCUT2D eigenvalue weighted by atomic mass is 10.1. The first-order valence-corrected chi connectivity index (χ1v) is 10.7. The summed E-state index contributed by atoms with van der Waals surface area (Å²) in [6.07, 6.45) is 5.29. The van der Waals surface area contributed by atoms with E-state index in [0.29, 0.717) is 0 Å². The third-order valence-electron chi connectivity index (χ3n) is 4.40. The summed E-state index contributed by atoms with van der Waals surface area (Å²) in [6, 6.07) is 3.96. The zero-order valence-electron chi connectivity index (χ0n) is 13.6. The molecule has 1 atom stereocenters. The van der Waals surface area contributed by atoms with Crippen molar-refractivity contribution < 1.29 is 9.90 Å². The first-order chi connectivity index (χ1) is 12.1. The minimum atomic E-state index is -0.719. The Morgan fingerprint density at radius 2 is 1.88 bits per heavy atom. The van der Waals surface area contributed by atoms with Gasteiger partial charge in [-0.2, -0.15) is 0 Å². The largest absolute Gasteiger partial charge is 0.481 e. The van der Waals surface area contributed by atoms with Crippen LogP contribution in [0.15, 0.2) is 29.0 Å². The Hall–Kier alpha value is -0.850.